The molecule has 1 N–H and O–H groups in total. The summed E-state index contributed by atoms with van der Waals surface area (Å²) >= 11 is 0.966. The number of pyridine rings is 1. The topological polar surface area (TPSA) is 70.8 Å². The lowest BCUT2D eigenvalue weighted by Crippen LogP contribution is -2.61. The summed E-state index contributed by atoms with van der Waals surface area (Å²) in [5.41, 5.74) is -1.60. The maximum atomic E-state index is 14.1. The fourth-order valence-corrected chi connectivity index (χ4v) is 4.36. The Labute approximate surface area is 166 Å². The zero-order chi connectivity index (χ0) is 20.2. The largest absolute Gasteiger partial charge is 0.492 e. The minimum absolute atomic E-state index is 0.0666. The molecule has 2 aliphatic heterocycles. The highest BCUT2D eigenvalue weighted by Crippen LogP contribution is 2.50. The van der Waals surface area contributed by atoms with Gasteiger partial charge in [-0.05, 0) is 24.3 Å². The molecule has 0 spiro atoms. The Morgan fingerprint density at radius 2 is 2.03 bits per heavy atom. The number of alkyl halides is 3. The van der Waals surface area contributed by atoms with Crippen LogP contribution < -0.4 is 9.75 Å². The van der Waals surface area contributed by atoms with Crippen LogP contribution in [-0.2, 0) is 0 Å². The van der Waals surface area contributed by atoms with E-state index in [9.17, 15) is 18.3 Å². The molecular formula is C19H13F3N4O2S. The summed E-state index contributed by atoms with van der Waals surface area (Å²) in [6.07, 6.45) is -1.83. The van der Waals surface area contributed by atoms with Crippen molar-refractivity contribution in [2.24, 2.45) is 11.0 Å². The summed E-state index contributed by atoms with van der Waals surface area (Å²) in [5, 5.41) is 17.2. The van der Waals surface area contributed by atoms with Crippen molar-refractivity contribution in [1.29, 1.82) is 0 Å². The van der Waals surface area contributed by atoms with Gasteiger partial charge < -0.3 is 9.84 Å². The number of aliphatic hydroxyl groups is 1. The third-order valence-electron chi connectivity index (χ3n) is 4.96. The number of fused-ring (bicyclic) bond motifs is 3. The lowest BCUT2D eigenvalue weighted by Gasteiger charge is -2.38. The Balaban J connectivity index is 1.63. The molecule has 10 heteroatoms. The monoisotopic (exact) mass is 418 g/mol. The molecule has 2 aliphatic rings. The van der Waals surface area contributed by atoms with Crippen molar-refractivity contribution in [2.75, 3.05) is 11.6 Å². The van der Waals surface area contributed by atoms with Gasteiger partial charge in [-0.2, -0.15) is 23.3 Å². The molecule has 0 amide bonds. The Kier molecular flexibility index (Phi) is 3.90. The molecule has 0 bridgehead atoms. The summed E-state index contributed by atoms with van der Waals surface area (Å²) in [6, 6.07) is 10.2. The van der Waals surface area contributed by atoms with Crippen LogP contribution >= 0.6 is 11.3 Å². The molecule has 2 atom stereocenters. The van der Waals surface area contributed by atoms with Gasteiger partial charge in [0.15, 0.2) is 0 Å². The molecule has 0 radical (unpaired) electrons. The van der Waals surface area contributed by atoms with Crippen LogP contribution in [0.2, 0.25) is 0 Å². The number of ether oxygens (including phenoxy) is 1. The standard InChI is InChI=1S/C19H13F3N4O2S/c20-19(21,22)18(27)13-9-28-15-6-2-1-5-12(15)16(13)25-26(18)17-24-14(10-29-17)11-4-3-7-23-8-11/h1-8,10,13,27H,9H2/t13-,18+/m1/s1. The van der Waals surface area contributed by atoms with Gasteiger partial charge >= 0.3 is 6.18 Å². The number of rotatable bonds is 2. The predicted octanol–water partition coefficient (Wildman–Crippen LogP) is 3.69. The fourth-order valence-electron chi connectivity index (χ4n) is 3.52. The van der Waals surface area contributed by atoms with E-state index in [-0.39, 0.29) is 17.5 Å². The van der Waals surface area contributed by atoms with E-state index in [1.54, 1.807) is 54.2 Å². The summed E-state index contributed by atoms with van der Waals surface area (Å²) in [6.45, 7) is -0.344. The molecule has 0 aliphatic carbocycles. The summed E-state index contributed by atoms with van der Waals surface area (Å²) < 4.78 is 47.8. The van der Waals surface area contributed by atoms with E-state index >= 15 is 0 Å². The first kappa shape index (κ1) is 18.1. The molecule has 1 aromatic carbocycles. The highest BCUT2D eigenvalue weighted by atomic mass is 32.1. The molecule has 148 valence electrons. The van der Waals surface area contributed by atoms with Crippen molar-refractivity contribution >= 4 is 22.2 Å². The average molecular weight is 418 g/mol. The van der Waals surface area contributed by atoms with Crippen LogP contribution in [0.25, 0.3) is 11.3 Å². The molecule has 6 nitrogen and oxygen atoms in total. The Morgan fingerprint density at radius 1 is 1.21 bits per heavy atom. The number of hydrogen-bond donors (Lipinski definition) is 1. The summed E-state index contributed by atoms with van der Waals surface area (Å²) in [5.74, 6) is -0.966. The minimum atomic E-state index is -4.99. The van der Waals surface area contributed by atoms with Gasteiger partial charge in [0.05, 0.1) is 17.3 Å². The van der Waals surface area contributed by atoms with E-state index < -0.39 is 17.8 Å². The van der Waals surface area contributed by atoms with Crippen molar-refractivity contribution in [1.82, 2.24) is 9.97 Å². The highest BCUT2D eigenvalue weighted by Gasteiger charge is 2.69. The van der Waals surface area contributed by atoms with Gasteiger partial charge in [0.1, 0.15) is 12.4 Å². The van der Waals surface area contributed by atoms with Gasteiger partial charge in [-0.3, -0.25) is 4.98 Å². The maximum absolute atomic E-state index is 14.1. The lowest BCUT2D eigenvalue weighted by molar-refractivity contribution is -0.270. The van der Waals surface area contributed by atoms with Crippen molar-refractivity contribution < 1.29 is 23.0 Å². The van der Waals surface area contributed by atoms with Crippen LogP contribution in [-0.4, -0.2) is 39.3 Å². The number of thiazole rings is 1. The van der Waals surface area contributed by atoms with Crippen LogP contribution in [0.15, 0.2) is 59.3 Å². The Morgan fingerprint density at radius 3 is 2.79 bits per heavy atom. The van der Waals surface area contributed by atoms with Crippen molar-refractivity contribution in [2.45, 2.75) is 11.9 Å². The van der Waals surface area contributed by atoms with Crippen LogP contribution in [0.5, 0.6) is 5.75 Å². The summed E-state index contributed by atoms with van der Waals surface area (Å²) in [4.78, 5) is 8.28. The molecular weight excluding hydrogens is 405 g/mol. The zero-order valence-corrected chi connectivity index (χ0v) is 15.5. The molecule has 0 unspecified atom stereocenters. The molecule has 0 fully saturated rings. The molecule has 29 heavy (non-hydrogen) atoms. The maximum Gasteiger partial charge on any atom is 0.439 e. The first-order valence-electron chi connectivity index (χ1n) is 8.65. The minimum Gasteiger partial charge on any atom is -0.492 e. The van der Waals surface area contributed by atoms with Gasteiger partial charge in [-0.15, -0.1) is 11.3 Å². The van der Waals surface area contributed by atoms with E-state index in [4.69, 9.17) is 4.74 Å². The number of aromatic nitrogens is 2. The Bertz CT molecular complexity index is 1100. The highest BCUT2D eigenvalue weighted by molar-refractivity contribution is 7.14. The van der Waals surface area contributed by atoms with Gasteiger partial charge in [-0.1, -0.05) is 12.1 Å². The molecule has 3 aromatic rings. The number of anilines is 1. The molecule has 0 saturated carbocycles. The number of para-hydroxylation sites is 1. The summed E-state index contributed by atoms with van der Waals surface area (Å²) in [7, 11) is 0. The fraction of sp³-hybridized carbons (Fsp3) is 0.211. The van der Waals surface area contributed by atoms with E-state index in [1.807, 2.05) is 0 Å². The average Bonchev–Trinajstić information content (AvgIpc) is 3.32. The van der Waals surface area contributed by atoms with Crippen molar-refractivity contribution in [3.63, 3.8) is 0 Å². The van der Waals surface area contributed by atoms with E-state index in [0.29, 0.717) is 27.6 Å². The van der Waals surface area contributed by atoms with E-state index in [0.717, 1.165) is 11.3 Å². The number of hydrogen-bond acceptors (Lipinski definition) is 7. The smallest absolute Gasteiger partial charge is 0.439 e. The van der Waals surface area contributed by atoms with Crippen molar-refractivity contribution in [3.05, 3.63) is 59.7 Å². The van der Waals surface area contributed by atoms with Crippen LogP contribution in [0.4, 0.5) is 18.3 Å². The molecule has 0 saturated heterocycles. The zero-order valence-electron chi connectivity index (χ0n) is 14.7. The second kappa shape index (κ2) is 6.26. The first-order chi connectivity index (χ1) is 13.9. The second-order valence-electron chi connectivity index (χ2n) is 6.64. The molecule has 2 aromatic heterocycles. The predicted molar refractivity (Wildman–Crippen MR) is 101 cm³/mol. The van der Waals surface area contributed by atoms with Gasteiger partial charge in [0.2, 0.25) is 5.13 Å². The quantitative estimate of drug-likeness (QED) is 0.688. The SMILES string of the molecule is O[C@]1(C(F)(F)F)[C@@H]2COc3ccccc3C2=NN1c1nc(-c2cccnc2)cs1. The third kappa shape index (κ3) is 2.63. The molecule has 4 heterocycles. The number of nitrogens with zero attached hydrogens (tertiary/aromatic N) is 4. The Hall–Kier alpha value is -2.98. The van der Waals surface area contributed by atoms with Crippen LogP contribution in [0.1, 0.15) is 5.56 Å². The van der Waals surface area contributed by atoms with E-state index in [2.05, 4.69) is 15.1 Å². The number of benzene rings is 1. The lowest BCUT2D eigenvalue weighted by atomic mass is 9.86. The van der Waals surface area contributed by atoms with Crippen LogP contribution in [0.3, 0.4) is 0 Å². The van der Waals surface area contributed by atoms with Gasteiger partial charge in [0, 0.05) is 28.9 Å². The van der Waals surface area contributed by atoms with Gasteiger partial charge in [0.25, 0.3) is 5.72 Å². The van der Waals surface area contributed by atoms with Crippen LogP contribution in [0, 0.1) is 5.92 Å². The molecule has 5 rings (SSSR count). The third-order valence-corrected chi connectivity index (χ3v) is 5.78. The van der Waals surface area contributed by atoms with E-state index in [1.165, 1.54) is 0 Å². The number of hydrazone groups is 1. The first-order valence-corrected chi connectivity index (χ1v) is 9.53. The van der Waals surface area contributed by atoms with Gasteiger partial charge in [-0.25, -0.2) is 4.98 Å². The number of halogens is 3. The normalized spacial score (nSPS) is 23.2. The second-order valence-corrected chi connectivity index (χ2v) is 7.47. The van der Waals surface area contributed by atoms with Crippen molar-refractivity contribution in [3.8, 4) is 17.0 Å².